The van der Waals surface area contributed by atoms with Gasteiger partial charge < -0.3 is 0 Å². The third-order valence-electron chi connectivity index (χ3n) is 1.73. The molecule has 0 aliphatic carbocycles. The van der Waals surface area contributed by atoms with Crippen molar-refractivity contribution in [1.29, 1.82) is 0 Å². The second-order valence-electron chi connectivity index (χ2n) is 2.70. The van der Waals surface area contributed by atoms with Crippen molar-refractivity contribution >= 4 is 21.6 Å². The van der Waals surface area contributed by atoms with Crippen molar-refractivity contribution in [2.24, 2.45) is 0 Å². The van der Waals surface area contributed by atoms with E-state index in [1.807, 2.05) is 31.4 Å². The molecule has 0 aliphatic heterocycles. The van der Waals surface area contributed by atoms with Crippen LogP contribution in [0.3, 0.4) is 0 Å². The summed E-state index contributed by atoms with van der Waals surface area (Å²) in [5.74, 6) is 0. The van der Waals surface area contributed by atoms with Gasteiger partial charge in [-0.25, -0.2) is 0 Å². The Morgan fingerprint density at radius 2 is 1.92 bits per heavy atom. The van der Waals surface area contributed by atoms with E-state index >= 15 is 0 Å². The van der Waals surface area contributed by atoms with Crippen LogP contribution in [0.2, 0.25) is 0 Å². The molecule has 2 heteroatoms. The highest BCUT2D eigenvalue weighted by Crippen LogP contribution is 2.25. The second kappa shape index (κ2) is 4.38. The van der Waals surface area contributed by atoms with Crippen molar-refractivity contribution in [3.63, 3.8) is 0 Å². The normalized spacial score (nSPS) is 9.54. The predicted octanol–water partition coefficient (Wildman–Crippen LogP) is 3.94. The summed E-state index contributed by atoms with van der Waals surface area (Å²) in [5, 5.41) is 0. The standard InChI is InChI=1S/C9H9NS.C2H6/c1-6-3-4-10-8-5-7(2)11-9(6)8;1-2/h3-5H,1-2H3;1-2H3. The number of aromatic nitrogens is 1. The van der Waals surface area contributed by atoms with E-state index in [-0.39, 0.29) is 0 Å². The SMILES string of the molecule is CC.Cc1cc2nccc(C)c2s1. The van der Waals surface area contributed by atoms with Gasteiger partial charge in [0, 0.05) is 11.1 Å². The summed E-state index contributed by atoms with van der Waals surface area (Å²) in [7, 11) is 0. The number of thiophene rings is 1. The van der Waals surface area contributed by atoms with Crippen LogP contribution in [0.5, 0.6) is 0 Å². The molecule has 0 fully saturated rings. The van der Waals surface area contributed by atoms with Crippen molar-refractivity contribution in [1.82, 2.24) is 4.98 Å². The van der Waals surface area contributed by atoms with Gasteiger partial charge in [-0.1, -0.05) is 13.8 Å². The van der Waals surface area contributed by atoms with Crippen molar-refractivity contribution in [3.05, 3.63) is 28.8 Å². The van der Waals surface area contributed by atoms with Gasteiger partial charge in [0.15, 0.2) is 0 Å². The average molecular weight is 193 g/mol. The van der Waals surface area contributed by atoms with Crippen LogP contribution < -0.4 is 0 Å². The molecule has 0 spiro atoms. The summed E-state index contributed by atoms with van der Waals surface area (Å²) >= 11 is 1.82. The zero-order chi connectivity index (χ0) is 9.84. The highest BCUT2D eigenvalue weighted by Gasteiger charge is 2.00. The largest absolute Gasteiger partial charge is 0.255 e. The van der Waals surface area contributed by atoms with Crippen LogP contribution in [0.25, 0.3) is 10.2 Å². The maximum absolute atomic E-state index is 4.27. The van der Waals surface area contributed by atoms with E-state index in [4.69, 9.17) is 0 Å². The van der Waals surface area contributed by atoms with Gasteiger partial charge in [0.05, 0.1) is 10.2 Å². The number of fused-ring (bicyclic) bond motifs is 1. The van der Waals surface area contributed by atoms with Crippen LogP contribution in [-0.4, -0.2) is 4.98 Å². The number of aryl methyl sites for hydroxylation is 2. The van der Waals surface area contributed by atoms with Crippen LogP contribution in [-0.2, 0) is 0 Å². The Bertz CT molecular complexity index is 390. The first-order valence-corrected chi connectivity index (χ1v) is 5.41. The minimum Gasteiger partial charge on any atom is -0.255 e. The van der Waals surface area contributed by atoms with E-state index in [1.165, 1.54) is 15.1 Å². The Labute approximate surface area is 83.4 Å². The monoisotopic (exact) mass is 193 g/mol. The lowest BCUT2D eigenvalue weighted by molar-refractivity contribution is 1.38. The Balaban J connectivity index is 0.000000396. The lowest BCUT2D eigenvalue weighted by atomic mass is 10.3. The molecule has 70 valence electrons. The zero-order valence-electron chi connectivity index (χ0n) is 8.59. The molecule has 0 bridgehead atoms. The smallest absolute Gasteiger partial charge is 0.0815 e. The van der Waals surface area contributed by atoms with Gasteiger partial charge in [-0.15, -0.1) is 11.3 Å². The van der Waals surface area contributed by atoms with Crippen LogP contribution in [0.4, 0.5) is 0 Å². The summed E-state index contributed by atoms with van der Waals surface area (Å²) in [6.45, 7) is 8.24. The van der Waals surface area contributed by atoms with Crippen molar-refractivity contribution in [3.8, 4) is 0 Å². The van der Waals surface area contributed by atoms with Gasteiger partial charge in [0.2, 0.25) is 0 Å². The summed E-state index contributed by atoms with van der Waals surface area (Å²) in [6, 6.07) is 4.19. The van der Waals surface area contributed by atoms with Crippen LogP contribution in [0, 0.1) is 13.8 Å². The average Bonchev–Trinajstić information content (AvgIpc) is 2.51. The van der Waals surface area contributed by atoms with E-state index in [0.29, 0.717) is 0 Å². The summed E-state index contributed by atoms with van der Waals surface area (Å²) in [6.07, 6.45) is 1.86. The molecule has 2 aromatic heterocycles. The number of nitrogens with zero attached hydrogens (tertiary/aromatic N) is 1. The van der Waals surface area contributed by atoms with E-state index in [1.54, 1.807) is 0 Å². The molecular formula is C11H15NS. The Hall–Kier alpha value is -0.890. The van der Waals surface area contributed by atoms with Crippen LogP contribution in [0.1, 0.15) is 24.3 Å². The molecule has 0 atom stereocenters. The summed E-state index contributed by atoms with van der Waals surface area (Å²) < 4.78 is 1.32. The van der Waals surface area contributed by atoms with Gasteiger partial charge in [-0.2, -0.15) is 0 Å². The van der Waals surface area contributed by atoms with Crippen molar-refractivity contribution in [2.45, 2.75) is 27.7 Å². The zero-order valence-corrected chi connectivity index (χ0v) is 9.40. The molecule has 2 rings (SSSR count). The fraction of sp³-hybridized carbons (Fsp3) is 0.364. The molecule has 0 amide bonds. The molecule has 0 unspecified atom stereocenters. The van der Waals surface area contributed by atoms with Crippen LogP contribution in [0.15, 0.2) is 18.3 Å². The van der Waals surface area contributed by atoms with E-state index < -0.39 is 0 Å². The predicted molar refractivity (Wildman–Crippen MR) is 60.4 cm³/mol. The molecule has 0 radical (unpaired) electrons. The summed E-state index contributed by atoms with van der Waals surface area (Å²) in [5.41, 5.74) is 2.46. The number of pyridine rings is 1. The number of rotatable bonds is 0. The first-order chi connectivity index (χ1) is 6.27. The minimum atomic E-state index is 1.13. The molecule has 2 heterocycles. The molecular weight excluding hydrogens is 178 g/mol. The lowest BCUT2D eigenvalue weighted by Crippen LogP contribution is -1.73. The Morgan fingerprint density at radius 1 is 1.23 bits per heavy atom. The highest BCUT2D eigenvalue weighted by atomic mass is 32.1. The number of hydrogen-bond donors (Lipinski definition) is 0. The molecule has 1 nitrogen and oxygen atoms in total. The fourth-order valence-electron chi connectivity index (χ4n) is 1.18. The van der Waals surface area contributed by atoms with Gasteiger partial charge in [0.25, 0.3) is 0 Å². The van der Waals surface area contributed by atoms with E-state index in [0.717, 1.165) is 5.52 Å². The first kappa shape index (κ1) is 10.2. The van der Waals surface area contributed by atoms with E-state index in [2.05, 4.69) is 31.0 Å². The maximum atomic E-state index is 4.27. The molecule has 0 saturated heterocycles. The quantitative estimate of drug-likeness (QED) is 0.617. The first-order valence-electron chi connectivity index (χ1n) is 4.59. The highest BCUT2D eigenvalue weighted by molar-refractivity contribution is 7.19. The van der Waals surface area contributed by atoms with Gasteiger partial charge in [-0.05, 0) is 31.5 Å². The lowest BCUT2D eigenvalue weighted by Gasteiger charge is -1.90. The van der Waals surface area contributed by atoms with Gasteiger partial charge in [0.1, 0.15) is 0 Å². The topological polar surface area (TPSA) is 12.9 Å². The second-order valence-corrected chi connectivity index (χ2v) is 3.96. The Morgan fingerprint density at radius 3 is 2.54 bits per heavy atom. The molecule has 2 aromatic rings. The van der Waals surface area contributed by atoms with Gasteiger partial charge >= 0.3 is 0 Å². The molecule has 0 aromatic carbocycles. The molecule has 0 saturated carbocycles. The Kier molecular flexibility index (Phi) is 3.43. The fourth-order valence-corrected chi connectivity index (χ4v) is 2.12. The third kappa shape index (κ3) is 2.07. The van der Waals surface area contributed by atoms with E-state index in [9.17, 15) is 0 Å². The van der Waals surface area contributed by atoms with Crippen molar-refractivity contribution in [2.75, 3.05) is 0 Å². The van der Waals surface area contributed by atoms with Crippen molar-refractivity contribution < 1.29 is 0 Å². The maximum Gasteiger partial charge on any atom is 0.0815 e. The molecule has 13 heavy (non-hydrogen) atoms. The molecule has 0 aliphatic rings. The minimum absolute atomic E-state index is 1.13. The van der Waals surface area contributed by atoms with Crippen LogP contribution >= 0.6 is 11.3 Å². The third-order valence-corrected chi connectivity index (χ3v) is 2.91. The number of hydrogen-bond acceptors (Lipinski definition) is 2. The van der Waals surface area contributed by atoms with Gasteiger partial charge in [-0.3, -0.25) is 4.98 Å². The molecule has 0 N–H and O–H groups in total. The summed E-state index contributed by atoms with van der Waals surface area (Å²) in [4.78, 5) is 5.61.